The molecule has 1 saturated heterocycles. The standard InChI is InChI=1S/C14H19N3O5S/c1-15-12-3-2-11(10-13(12)22-14(15)19)23(20,21)17-6-4-16(5-7-17)8-9-18/h2-3,10,18H,4-9H2,1H3. The number of aryl methyl sites for hydroxylation is 1. The number of hydrogen-bond acceptors (Lipinski definition) is 6. The topological polar surface area (TPSA) is 96.0 Å². The van der Waals surface area contributed by atoms with Gasteiger partial charge in [-0.2, -0.15) is 4.31 Å². The van der Waals surface area contributed by atoms with Crippen molar-refractivity contribution in [3.8, 4) is 0 Å². The molecule has 23 heavy (non-hydrogen) atoms. The molecule has 1 fully saturated rings. The van der Waals surface area contributed by atoms with Crippen LogP contribution in [0.1, 0.15) is 0 Å². The van der Waals surface area contributed by atoms with Crippen molar-refractivity contribution in [2.75, 3.05) is 39.3 Å². The average Bonchev–Trinajstić information content (AvgIpc) is 2.82. The molecule has 0 saturated carbocycles. The van der Waals surface area contributed by atoms with Gasteiger partial charge in [0.05, 0.1) is 17.0 Å². The first-order valence-corrected chi connectivity index (χ1v) is 8.80. The van der Waals surface area contributed by atoms with Crippen LogP contribution in [0.2, 0.25) is 0 Å². The highest BCUT2D eigenvalue weighted by atomic mass is 32.2. The van der Waals surface area contributed by atoms with Gasteiger partial charge in [0.2, 0.25) is 10.0 Å². The fraction of sp³-hybridized carbons (Fsp3) is 0.500. The number of rotatable bonds is 4. The van der Waals surface area contributed by atoms with E-state index in [1.807, 2.05) is 4.90 Å². The molecule has 2 heterocycles. The second-order valence-electron chi connectivity index (χ2n) is 5.53. The van der Waals surface area contributed by atoms with E-state index in [0.29, 0.717) is 38.2 Å². The van der Waals surface area contributed by atoms with Crippen molar-refractivity contribution in [3.05, 3.63) is 28.7 Å². The molecule has 1 aromatic heterocycles. The molecule has 3 rings (SSSR count). The fourth-order valence-corrected chi connectivity index (χ4v) is 4.20. The highest BCUT2D eigenvalue weighted by molar-refractivity contribution is 7.89. The van der Waals surface area contributed by atoms with Crippen molar-refractivity contribution < 1.29 is 17.9 Å². The fourth-order valence-electron chi connectivity index (χ4n) is 2.76. The Hall–Kier alpha value is -1.68. The molecule has 0 bridgehead atoms. The second kappa shape index (κ2) is 6.08. The van der Waals surface area contributed by atoms with Crippen LogP contribution in [-0.4, -0.2) is 66.6 Å². The maximum Gasteiger partial charge on any atom is 0.419 e. The van der Waals surface area contributed by atoms with E-state index >= 15 is 0 Å². The van der Waals surface area contributed by atoms with Gasteiger partial charge in [-0.1, -0.05) is 0 Å². The Labute approximate surface area is 133 Å². The molecule has 0 radical (unpaired) electrons. The van der Waals surface area contributed by atoms with E-state index in [-0.39, 0.29) is 17.1 Å². The molecule has 0 aliphatic carbocycles. The quantitative estimate of drug-likeness (QED) is 0.800. The summed E-state index contributed by atoms with van der Waals surface area (Å²) in [7, 11) is -2.05. The van der Waals surface area contributed by atoms with Crippen molar-refractivity contribution in [2.45, 2.75) is 4.90 Å². The number of aliphatic hydroxyl groups excluding tert-OH is 1. The summed E-state index contributed by atoms with van der Waals surface area (Å²) in [5, 5.41) is 8.94. The SMILES string of the molecule is Cn1c(=O)oc2cc(S(=O)(=O)N3CCN(CCO)CC3)ccc21. The third kappa shape index (κ3) is 2.92. The summed E-state index contributed by atoms with van der Waals surface area (Å²) in [5.41, 5.74) is 0.819. The van der Waals surface area contributed by atoms with E-state index in [1.165, 1.54) is 21.0 Å². The summed E-state index contributed by atoms with van der Waals surface area (Å²) in [6.45, 7) is 2.54. The number of β-amino-alcohol motifs (C(OH)–C–C–N with tert-alkyl or cyclic N) is 1. The van der Waals surface area contributed by atoms with Gasteiger partial charge in [0.15, 0.2) is 5.58 Å². The summed E-state index contributed by atoms with van der Waals surface area (Å²) in [6, 6.07) is 4.47. The maximum absolute atomic E-state index is 12.7. The van der Waals surface area contributed by atoms with Crippen LogP contribution >= 0.6 is 0 Å². The van der Waals surface area contributed by atoms with Crippen LogP contribution in [0.4, 0.5) is 0 Å². The van der Waals surface area contributed by atoms with Gasteiger partial charge >= 0.3 is 5.76 Å². The minimum atomic E-state index is -3.62. The Bertz CT molecular complexity index is 862. The Morgan fingerprint density at radius 1 is 1.22 bits per heavy atom. The number of oxazole rings is 1. The van der Waals surface area contributed by atoms with Crippen LogP contribution in [0.3, 0.4) is 0 Å². The largest absolute Gasteiger partial charge is 0.419 e. The van der Waals surface area contributed by atoms with Crippen molar-refractivity contribution in [1.29, 1.82) is 0 Å². The van der Waals surface area contributed by atoms with Crippen LogP contribution in [0, 0.1) is 0 Å². The summed E-state index contributed by atoms with van der Waals surface area (Å²) in [4.78, 5) is 13.6. The van der Waals surface area contributed by atoms with Gasteiger partial charge in [0, 0.05) is 45.8 Å². The van der Waals surface area contributed by atoms with Gasteiger partial charge in [-0.15, -0.1) is 0 Å². The smallest absolute Gasteiger partial charge is 0.408 e. The molecule has 9 heteroatoms. The molecule has 1 N–H and O–H groups in total. The lowest BCUT2D eigenvalue weighted by atomic mass is 10.3. The van der Waals surface area contributed by atoms with Crippen LogP contribution in [0.25, 0.3) is 11.1 Å². The monoisotopic (exact) mass is 341 g/mol. The molecule has 0 spiro atoms. The molecule has 2 aromatic rings. The minimum absolute atomic E-state index is 0.0659. The van der Waals surface area contributed by atoms with Gasteiger partial charge in [-0.3, -0.25) is 9.47 Å². The molecule has 0 amide bonds. The number of hydrogen-bond donors (Lipinski definition) is 1. The molecule has 8 nitrogen and oxygen atoms in total. The molecule has 1 aliphatic rings. The van der Waals surface area contributed by atoms with Crippen molar-refractivity contribution in [1.82, 2.24) is 13.8 Å². The number of piperazine rings is 1. The summed E-state index contributed by atoms with van der Waals surface area (Å²) in [6.07, 6.45) is 0. The summed E-state index contributed by atoms with van der Waals surface area (Å²) in [5.74, 6) is -0.521. The Kier molecular flexibility index (Phi) is 4.28. The van der Waals surface area contributed by atoms with E-state index < -0.39 is 15.8 Å². The molecule has 0 atom stereocenters. The number of aliphatic hydroxyl groups is 1. The van der Waals surface area contributed by atoms with E-state index in [0.717, 1.165) is 0 Å². The Balaban J connectivity index is 1.87. The lowest BCUT2D eigenvalue weighted by Gasteiger charge is -2.33. The van der Waals surface area contributed by atoms with E-state index in [9.17, 15) is 13.2 Å². The van der Waals surface area contributed by atoms with Gasteiger partial charge in [-0.25, -0.2) is 13.2 Å². The number of aromatic nitrogens is 1. The highest BCUT2D eigenvalue weighted by Crippen LogP contribution is 2.22. The molecule has 0 unspecified atom stereocenters. The van der Waals surface area contributed by atoms with Gasteiger partial charge < -0.3 is 9.52 Å². The van der Waals surface area contributed by atoms with Crippen LogP contribution in [0.5, 0.6) is 0 Å². The first-order chi connectivity index (χ1) is 10.9. The normalized spacial score (nSPS) is 17.8. The molecular weight excluding hydrogens is 322 g/mol. The van der Waals surface area contributed by atoms with Crippen molar-refractivity contribution >= 4 is 21.1 Å². The van der Waals surface area contributed by atoms with Crippen molar-refractivity contribution in [3.63, 3.8) is 0 Å². The number of benzene rings is 1. The Morgan fingerprint density at radius 2 is 1.91 bits per heavy atom. The van der Waals surface area contributed by atoms with E-state index in [2.05, 4.69) is 0 Å². The lowest BCUT2D eigenvalue weighted by Crippen LogP contribution is -2.49. The summed E-state index contributed by atoms with van der Waals surface area (Å²) < 4.78 is 33.2. The molecule has 1 aromatic carbocycles. The maximum atomic E-state index is 12.7. The first-order valence-electron chi connectivity index (χ1n) is 7.36. The third-order valence-corrected chi connectivity index (χ3v) is 6.04. The zero-order valence-electron chi connectivity index (χ0n) is 12.8. The van der Waals surface area contributed by atoms with Crippen LogP contribution < -0.4 is 5.76 Å². The Morgan fingerprint density at radius 3 is 2.57 bits per heavy atom. The molecule has 1 aliphatic heterocycles. The lowest BCUT2D eigenvalue weighted by molar-refractivity contribution is 0.151. The minimum Gasteiger partial charge on any atom is -0.408 e. The zero-order chi connectivity index (χ0) is 16.6. The number of sulfonamides is 1. The molecular formula is C14H19N3O5S. The zero-order valence-corrected chi connectivity index (χ0v) is 13.6. The van der Waals surface area contributed by atoms with Gasteiger partial charge in [0.25, 0.3) is 0 Å². The summed E-state index contributed by atoms with van der Waals surface area (Å²) >= 11 is 0. The van der Waals surface area contributed by atoms with E-state index in [1.54, 1.807) is 13.1 Å². The van der Waals surface area contributed by atoms with E-state index in [4.69, 9.17) is 9.52 Å². The molecule has 126 valence electrons. The predicted octanol–water partition coefficient (Wildman–Crippen LogP) is -0.570. The second-order valence-corrected chi connectivity index (χ2v) is 7.46. The predicted molar refractivity (Wildman–Crippen MR) is 83.7 cm³/mol. The van der Waals surface area contributed by atoms with Crippen LogP contribution in [-0.2, 0) is 17.1 Å². The number of fused-ring (bicyclic) bond motifs is 1. The average molecular weight is 341 g/mol. The van der Waals surface area contributed by atoms with Crippen LogP contribution in [0.15, 0.2) is 32.3 Å². The van der Waals surface area contributed by atoms with Gasteiger partial charge in [-0.05, 0) is 12.1 Å². The third-order valence-electron chi connectivity index (χ3n) is 4.15. The number of nitrogens with zero attached hydrogens (tertiary/aromatic N) is 3. The highest BCUT2D eigenvalue weighted by Gasteiger charge is 2.28. The first kappa shape index (κ1) is 16.2. The van der Waals surface area contributed by atoms with Gasteiger partial charge in [0.1, 0.15) is 0 Å². The van der Waals surface area contributed by atoms with Crippen molar-refractivity contribution in [2.24, 2.45) is 7.05 Å².